The molecule has 448 valence electrons. The predicted octanol–water partition coefficient (Wildman–Crippen LogP) is 24.5. The van der Waals surface area contributed by atoms with Gasteiger partial charge in [-0.2, -0.15) is 0 Å². The van der Waals surface area contributed by atoms with Crippen molar-refractivity contribution in [3.05, 3.63) is 211 Å². The summed E-state index contributed by atoms with van der Waals surface area (Å²) in [5, 5.41) is 17.0. The largest absolute Gasteiger partial charge is 4.00 e. The van der Waals surface area contributed by atoms with Crippen LogP contribution in [0, 0.1) is 97.9 Å². The van der Waals surface area contributed by atoms with E-state index in [2.05, 4.69) is 148 Å². The van der Waals surface area contributed by atoms with Gasteiger partial charge >= 0.3 is 25.8 Å². The SMILES string of the molecule is Cc1cc(C)c(-c2nc(CCCCCCNc3nc(-c4c(C)cc(C)cc4C)c(Cl)cc3Cl)c(Cl)cc2Cl)c(C)c1.Cc1cc(C)c(-c2nc([N-]CCCCC[N-]c3nc(-c4c(C)cc(C)cc4C)c(Cl)cc3Cl)c(Cl)cc2Cl)c(C)c1.[CH3-].[CH3-].[Hf+4]. The number of hydrogen-bond acceptors (Lipinski definition) is 5. The average Bonchev–Trinajstić information content (AvgIpc) is 2.56. The molecule has 1 N–H and O–H groups in total. The second kappa shape index (κ2) is 33.6. The van der Waals surface area contributed by atoms with E-state index in [1.165, 1.54) is 33.4 Å². The monoisotopic (exact) mass is 1460 g/mol. The van der Waals surface area contributed by atoms with E-state index in [1.807, 2.05) is 6.07 Å². The van der Waals surface area contributed by atoms with E-state index in [0.29, 0.717) is 82.1 Å². The first kappa shape index (κ1) is 73.5. The first-order valence-corrected chi connectivity index (χ1v) is 30.8. The molecule has 8 aromatic rings. The minimum absolute atomic E-state index is 0. The van der Waals surface area contributed by atoms with Gasteiger partial charge in [0.15, 0.2) is 0 Å². The molecule has 0 bridgehead atoms. The van der Waals surface area contributed by atoms with Crippen molar-refractivity contribution in [1.29, 1.82) is 0 Å². The second-order valence-electron chi connectivity index (χ2n) is 21.7. The van der Waals surface area contributed by atoms with Gasteiger partial charge in [0, 0.05) is 37.8 Å². The Bertz CT molecular complexity index is 3080. The third kappa shape index (κ3) is 19.0. The summed E-state index contributed by atoms with van der Waals surface area (Å²) >= 11 is 52.2. The number of pyridine rings is 4. The summed E-state index contributed by atoms with van der Waals surface area (Å²) in [6.45, 7) is 27.0. The third-order valence-electron chi connectivity index (χ3n) is 14.4. The van der Waals surface area contributed by atoms with Crippen LogP contribution in [0.3, 0.4) is 0 Å². The standard InChI is InChI=1S/C34H37Cl4N3.C33H34Cl4N4.2CH3.Hf/c1-19-13-21(3)30(22(4)14-19)32-26(36)17-25(35)29(40-32)11-9-7-8-10-12-39-34-28(38)18-27(37)33(41-34)31-23(5)15-20(2)16-24(31)6;1-18-12-20(3)28(21(4)13-18)30-24(34)16-26(36)32(40-30)38-10-8-7-9-11-39-33-27(37)17-25(35)31(41-33)29-22(5)14-19(2)15-23(29)6;;;/h13-18H,7-12H2,1-6H3,(H,39,41);12-17H,7-11H2,1-6H3;2*1H3;/q;-2;2*-1;+4. The van der Waals surface area contributed by atoms with Gasteiger partial charge in [-0.1, -0.05) is 209 Å². The number of nitrogens with one attached hydrogen (secondary N) is 1. The summed E-state index contributed by atoms with van der Waals surface area (Å²) in [5.74, 6) is 1.69. The summed E-state index contributed by atoms with van der Waals surface area (Å²) in [4.78, 5) is 19.3. The normalized spacial score (nSPS) is 10.8. The van der Waals surface area contributed by atoms with Crippen molar-refractivity contribution in [3.63, 3.8) is 0 Å². The molecular weight excluding hydrogens is 1390 g/mol. The zero-order valence-electron chi connectivity index (χ0n) is 51.4. The van der Waals surface area contributed by atoms with Gasteiger partial charge in [-0.05, 0) is 205 Å². The fourth-order valence-electron chi connectivity index (χ4n) is 11.1. The van der Waals surface area contributed by atoms with Crippen LogP contribution in [0.15, 0.2) is 72.8 Å². The van der Waals surface area contributed by atoms with Crippen LogP contribution >= 0.6 is 92.8 Å². The minimum atomic E-state index is 0. The van der Waals surface area contributed by atoms with Crippen LogP contribution in [-0.4, -0.2) is 39.6 Å². The van der Waals surface area contributed by atoms with Crippen molar-refractivity contribution in [2.75, 3.05) is 25.0 Å². The van der Waals surface area contributed by atoms with Crippen LogP contribution in [0.25, 0.3) is 55.7 Å². The smallest absolute Gasteiger partial charge is 0.464 e. The first-order chi connectivity index (χ1) is 38.9. The van der Waals surface area contributed by atoms with E-state index >= 15 is 0 Å². The van der Waals surface area contributed by atoms with E-state index in [-0.39, 0.29) is 40.7 Å². The van der Waals surface area contributed by atoms with E-state index in [9.17, 15) is 0 Å². The van der Waals surface area contributed by atoms with Gasteiger partial charge in [0.1, 0.15) is 5.82 Å². The fraction of sp³-hybridized carbons (Fsp3) is 0.333. The molecule has 4 heterocycles. The number of anilines is 1. The molecule has 0 radical (unpaired) electrons. The molecule has 0 saturated carbocycles. The van der Waals surface area contributed by atoms with Crippen molar-refractivity contribution in [1.82, 2.24) is 19.9 Å². The Morgan fingerprint density at radius 3 is 0.988 bits per heavy atom. The van der Waals surface area contributed by atoms with Crippen LogP contribution in [0.1, 0.15) is 117 Å². The number of rotatable bonds is 20. The molecule has 0 atom stereocenters. The second-order valence-corrected chi connectivity index (χ2v) is 24.9. The van der Waals surface area contributed by atoms with Crippen molar-refractivity contribution < 1.29 is 25.8 Å². The molecule has 0 aliphatic carbocycles. The van der Waals surface area contributed by atoms with Gasteiger partial charge in [0.05, 0.1) is 37.2 Å². The van der Waals surface area contributed by atoms with E-state index in [4.69, 9.17) is 113 Å². The fourth-order valence-corrected chi connectivity index (χ4v) is 13.2. The molecule has 0 aliphatic heterocycles. The summed E-state index contributed by atoms with van der Waals surface area (Å²) in [7, 11) is 0. The number of halogens is 8. The average molecular weight is 1470 g/mol. The van der Waals surface area contributed by atoms with Gasteiger partial charge in [-0.15, -0.1) is 0 Å². The van der Waals surface area contributed by atoms with Crippen LogP contribution in [0.4, 0.5) is 17.5 Å². The topological polar surface area (TPSA) is 91.8 Å². The summed E-state index contributed by atoms with van der Waals surface area (Å²) < 4.78 is 0. The zero-order valence-corrected chi connectivity index (χ0v) is 61.1. The molecule has 0 unspecified atom stereocenters. The maximum Gasteiger partial charge on any atom is 4.00 e. The Hall–Kier alpha value is -3.93. The Labute approximate surface area is 566 Å². The van der Waals surface area contributed by atoms with E-state index in [1.54, 1.807) is 18.2 Å². The maximum atomic E-state index is 6.60. The third-order valence-corrected chi connectivity index (χ3v) is 16.7. The Balaban J connectivity index is 0.000000352. The molecule has 4 aromatic carbocycles. The van der Waals surface area contributed by atoms with Crippen molar-refractivity contribution in [3.8, 4) is 45.0 Å². The molecule has 7 nitrogen and oxygen atoms in total. The molecule has 85 heavy (non-hydrogen) atoms. The number of unbranched alkanes of at least 4 members (excludes halogenated alkanes) is 5. The van der Waals surface area contributed by atoms with Gasteiger partial charge in [-0.25, -0.2) is 9.97 Å². The molecule has 16 heteroatoms. The molecule has 0 amide bonds. The van der Waals surface area contributed by atoms with Gasteiger partial charge in [0.2, 0.25) is 0 Å². The number of aryl methyl sites for hydroxylation is 13. The Kier molecular flexibility index (Phi) is 29.1. The minimum Gasteiger partial charge on any atom is -0.464 e. The molecule has 8 rings (SSSR count). The number of aromatic nitrogens is 4. The van der Waals surface area contributed by atoms with E-state index in [0.717, 1.165) is 131 Å². The molecule has 0 aliphatic rings. The summed E-state index contributed by atoms with van der Waals surface area (Å²) in [6.07, 6.45) is 7.62. The summed E-state index contributed by atoms with van der Waals surface area (Å²) in [5.41, 5.74) is 22.1. The quantitative estimate of drug-likeness (QED) is 0.0466. The van der Waals surface area contributed by atoms with Crippen molar-refractivity contribution >= 4 is 110 Å². The summed E-state index contributed by atoms with van der Waals surface area (Å²) in [6, 6.07) is 24.3. The first-order valence-electron chi connectivity index (χ1n) is 27.8. The maximum absolute atomic E-state index is 6.60. The van der Waals surface area contributed by atoms with E-state index < -0.39 is 0 Å². The van der Waals surface area contributed by atoms with Crippen LogP contribution in [0.2, 0.25) is 40.2 Å². The zero-order chi connectivity index (χ0) is 59.7. The van der Waals surface area contributed by atoms with Crippen LogP contribution < -0.4 is 5.32 Å². The molecule has 4 aromatic heterocycles. The molecule has 0 spiro atoms. The van der Waals surface area contributed by atoms with Gasteiger partial charge in [0.25, 0.3) is 0 Å². The van der Waals surface area contributed by atoms with Crippen LogP contribution in [-0.2, 0) is 32.3 Å². The van der Waals surface area contributed by atoms with Crippen molar-refractivity contribution in [2.45, 2.75) is 134 Å². The van der Waals surface area contributed by atoms with Gasteiger partial charge in [-0.3, -0.25) is 0 Å². The Morgan fingerprint density at radius 1 is 0.329 bits per heavy atom. The number of hydrogen-bond donors (Lipinski definition) is 1. The molecule has 0 saturated heterocycles. The number of benzene rings is 4. The molecule has 0 fully saturated rings. The van der Waals surface area contributed by atoms with Crippen molar-refractivity contribution in [2.24, 2.45) is 0 Å². The number of nitrogens with zero attached hydrogens (tertiary/aromatic N) is 6. The molecular formula is C69H77Cl8HfN7. The van der Waals surface area contributed by atoms with Crippen LogP contribution in [0.5, 0.6) is 0 Å². The van der Waals surface area contributed by atoms with Gasteiger partial charge < -0.3 is 40.8 Å². The Morgan fingerprint density at radius 2 is 0.624 bits per heavy atom. The predicted molar refractivity (Wildman–Crippen MR) is 369 cm³/mol.